The highest BCUT2D eigenvalue weighted by molar-refractivity contribution is 6.06. The Hall–Kier alpha value is -3.07. The van der Waals surface area contributed by atoms with E-state index in [9.17, 15) is 9.59 Å². The predicted molar refractivity (Wildman–Crippen MR) is 101 cm³/mol. The first kappa shape index (κ1) is 17.1. The number of hydrazone groups is 1. The summed E-state index contributed by atoms with van der Waals surface area (Å²) >= 11 is 0. The van der Waals surface area contributed by atoms with Gasteiger partial charge in [0.15, 0.2) is 0 Å². The number of amides is 2. The molecule has 2 bridgehead atoms. The topological polar surface area (TPSA) is 68.2 Å². The Bertz CT molecular complexity index is 924. The second-order valence-electron chi connectivity index (χ2n) is 7.78. The first-order chi connectivity index (χ1) is 13.6. The van der Waals surface area contributed by atoms with Crippen molar-refractivity contribution in [2.24, 2.45) is 40.6 Å². The number of imide groups is 1. The lowest BCUT2D eigenvalue weighted by Gasteiger charge is -2.37. The normalized spacial score (nSPS) is 34.4. The van der Waals surface area contributed by atoms with E-state index in [0.717, 1.165) is 11.4 Å². The van der Waals surface area contributed by atoms with Crippen molar-refractivity contribution in [1.29, 1.82) is 0 Å². The fourth-order valence-electron chi connectivity index (χ4n) is 5.18. The largest absolute Gasteiger partial charge is 0.497 e. The highest BCUT2D eigenvalue weighted by Gasteiger charge is 2.67. The van der Waals surface area contributed by atoms with Gasteiger partial charge in [-0.3, -0.25) is 9.59 Å². The zero-order valence-electron chi connectivity index (χ0n) is 15.4. The number of carbonyl (C=O) groups is 2. The highest BCUT2D eigenvalue weighted by Crippen LogP contribution is 2.65. The van der Waals surface area contributed by atoms with Crippen LogP contribution in [-0.2, 0) is 9.59 Å². The molecule has 0 N–H and O–H groups in total. The van der Waals surface area contributed by atoms with Crippen LogP contribution in [0.4, 0.5) is 0 Å². The number of rotatable bonds is 5. The molecule has 1 heterocycles. The molecule has 1 saturated heterocycles. The van der Waals surface area contributed by atoms with Crippen LogP contribution in [0, 0.1) is 47.9 Å². The van der Waals surface area contributed by atoms with Gasteiger partial charge in [-0.1, -0.05) is 18.1 Å². The van der Waals surface area contributed by atoms with E-state index in [1.807, 2.05) is 0 Å². The third-order valence-electron chi connectivity index (χ3n) is 6.48. The summed E-state index contributed by atoms with van der Waals surface area (Å²) in [7, 11) is 1.56. The van der Waals surface area contributed by atoms with Gasteiger partial charge >= 0.3 is 0 Å². The van der Waals surface area contributed by atoms with Gasteiger partial charge < -0.3 is 9.47 Å². The summed E-state index contributed by atoms with van der Waals surface area (Å²) in [6, 6.07) is 5.20. The van der Waals surface area contributed by atoms with Gasteiger partial charge in [-0.05, 0) is 48.3 Å². The number of ether oxygens (including phenoxy) is 2. The standard InChI is InChI=1S/C22H20N2O4/c1-3-8-28-18-7-4-13(27-2)9-12(18)11-23-24-21(25)19-14-5-6-15(17-10-16(14)17)20(19)22(24)26/h1,4-7,9,11,14-17,19-20H,8,10H2,2H3/b23-11+. The minimum Gasteiger partial charge on any atom is -0.497 e. The van der Waals surface area contributed by atoms with Gasteiger partial charge in [-0.25, -0.2) is 0 Å². The molecule has 0 spiro atoms. The lowest BCUT2D eigenvalue weighted by Crippen LogP contribution is -2.40. The third-order valence-corrected chi connectivity index (χ3v) is 6.48. The summed E-state index contributed by atoms with van der Waals surface area (Å²) in [6.07, 6.45) is 12.2. The smallest absolute Gasteiger partial charge is 0.254 e. The van der Waals surface area contributed by atoms with E-state index in [2.05, 4.69) is 23.2 Å². The first-order valence-electron chi connectivity index (χ1n) is 9.48. The number of hydrogen-bond acceptors (Lipinski definition) is 5. The monoisotopic (exact) mass is 376 g/mol. The minimum atomic E-state index is -0.258. The number of benzene rings is 1. The van der Waals surface area contributed by atoms with Gasteiger partial charge in [0.25, 0.3) is 11.8 Å². The molecule has 0 aromatic heterocycles. The average molecular weight is 376 g/mol. The van der Waals surface area contributed by atoms with Crippen LogP contribution in [0.3, 0.4) is 0 Å². The molecule has 1 aliphatic heterocycles. The van der Waals surface area contributed by atoms with E-state index < -0.39 is 0 Å². The molecular weight excluding hydrogens is 356 g/mol. The van der Waals surface area contributed by atoms with E-state index in [1.165, 1.54) is 6.21 Å². The van der Waals surface area contributed by atoms with Crippen molar-refractivity contribution in [3.8, 4) is 23.8 Å². The van der Waals surface area contributed by atoms with Crippen molar-refractivity contribution in [3.05, 3.63) is 35.9 Å². The summed E-state index contributed by atoms with van der Waals surface area (Å²) in [5.41, 5.74) is 0.592. The maximum Gasteiger partial charge on any atom is 0.254 e. The van der Waals surface area contributed by atoms with Gasteiger partial charge in [0.2, 0.25) is 0 Å². The van der Waals surface area contributed by atoms with Crippen molar-refractivity contribution in [3.63, 3.8) is 0 Å². The SMILES string of the molecule is C#CCOc1ccc(OC)cc1/C=N/N1C(=O)C2C3C=CC(C4CC34)C2C1=O. The molecule has 1 aromatic carbocycles. The number of nitrogens with zero attached hydrogens (tertiary/aromatic N) is 2. The Morgan fingerprint density at radius 2 is 1.89 bits per heavy atom. The minimum absolute atomic E-state index is 0.108. The van der Waals surface area contributed by atoms with Crippen LogP contribution in [0.1, 0.15) is 12.0 Å². The molecule has 2 saturated carbocycles. The van der Waals surface area contributed by atoms with E-state index >= 15 is 0 Å². The van der Waals surface area contributed by atoms with Gasteiger partial charge in [0, 0.05) is 5.56 Å². The zero-order valence-corrected chi connectivity index (χ0v) is 15.4. The number of carbonyl (C=O) groups excluding carboxylic acids is 2. The van der Waals surface area contributed by atoms with Gasteiger partial charge in [-0.15, -0.1) is 6.42 Å². The van der Waals surface area contributed by atoms with Crippen molar-refractivity contribution >= 4 is 18.0 Å². The Morgan fingerprint density at radius 3 is 2.50 bits per heavy atom. The molecular formula is C22H20N2O4. The van der Waals surface area contributed by atoms with Crippen LogP contribution in [0.15, 0.2) is 35.5 Å². The quantitative estimate of drug-likeness (QED) is 0.342. The molecule has 28 heavy (non-hydrogen) atoms. The van der Waals surface area contributed by atoms with Crippen LogP contribution >= 0.6 is 0 Å². The molecule has 6 rings (SSSR count). The lowest BCUT2D eigenvalue weighted by molar-refractivity contribution is -0.140. The van der Waals surface area contributed by atoms with Crippen molar-refractivity contribution in [2.75, 3.05) is 13.7 Å². The average Bonchev–Trinajstić information content (AvgIpc) is 3.50. The fraction of sp³-hybridized carbons (Fsp3) is 0.409. The molecule has 142 valence electrons. The van der Waals surface area contributed by atoms with Crippen LogP contribution in [0.2, 0.25) is 0 Å². The van der Waals surface area contributed by atoms with E-state index in [-0.39, 0.29) is 42.1 Å². The molecule has 3 fully saturated rings. The molecule has 6 nitrogen and oxygen atoms in total. The third kappa shape index (κ3) is 2.39. The van der Waals surface area contributed by atoms with Gasteiger partial charge in [0.05, 0.1) is 25.2 Å². The van der Waals surface area contributed by atoms with Crippen molar-refractivity contribution in [1.82, 2.24) is 5.01 Å². The molecule has 0 radical (unpaired) electrons. The number of allylic oxidation sites excluding steroid dienone is 2. The summed E-state index contributed by atoms with van der Waals surface area (Å²) < 4.78 is 10.8. The van der Waals surface area contributed by atoms with E-state index in [0.29, 0.717) is 28.9 Å². The van der Waals surface area contributed by atoms with E-state index in [1.54, 1.807) is 25.3 Å². The number of hydrogen-bond donors (Lipinski definition) is 0. The second kappa shape index (κ2) is 6.23. The van der Waals surface area contributed by atoms with Crippen molar-refractivity contribution < 1.29 is 19.1 Å². The maximum atomic E-state index is 13.0. The Morgan fingerprint density at radius 1 is 1.21 bits per heavy atom. The summed E-state index contributed by atoms with van der Waals surface area (Å²) in [6.45, 7) is 0.108. The Labute approximate surface area is 163 Å². The highest BCUT2D eigenvalue weighted by atomic mass is 16.5. The summed E-state index contributed by atoms with van der Waals surface area (Å²) in [4.78, 5) is 26.0. The second-order valence-corrected chi connectivity index (χ2v) is 7.78. The Balaban J connectivity index is 1.43. The molecule has 1 aromatic rings. The Kier molecular flexibility index (Phi) is 3.80. The molecule has 5 aliphatic rings. The predicted octanol–water partition coefficient (Wildman–Crippen LogP) is 2.09. The fourth-order valence-corrected chi connectivity index (χ4v) is 5.18. The molecule has 6 heteroatoms. The maximum absolute atomic E-state index is 13.0. The van der Waals surface area contributed by atoms with Crippen LogP contribution < -0.4 is 9.47 Å². The van der Waals surface area contributed by atoms with E-state index in [4.69, 9.17) is 15.9 Å². The lowest BCUT2D eigenvalue weighted by atomic mass is 9.63. The first-order valence-corrected chi connectivity index (χ1v) is 9.48. The van der Waals surface area contributed by atoms with Gasteiger partial charge in [0.1, 0.15) is 18.1 Å². The molecule has 6 atom stereocenters. The van der Waals surface area contributed by atoms with Crippen LogP contribution in [0.25, 0.3) is 0 Å². The molecule has 4 aliphatic carbocycles. The molecule has 2 amide bonds. The number of methoxy groups -OCH3 is 1. The van der Waals surface area contributed by atoms with Crippen molar-refractivity contribution in [2.45, 2.75) is 6.42 Å². The molecule has 6 unspecified atom stereocenters. The zero-order chi connectivity index (χ0) is 19.4. The van der Waals surface area contributed by atoms with Gasteiger partial charge in [-0.2, -0.15) is 10.1 Å². The summed E-state index contributed by atoms with van der Waals surface area (Å²) in [5.74, 6) is 4.16. The number of terminal acetylenes is 1. The van der Waals surface area contributed by atoms with Crippen LogP contribution in [-0.4, -0.2) is 36.8 Å². The summed E-state index contributed by atoms with van der Waals surface area (Å²) in [5, 5.41) is 5.31. The van der Waals surface area contributed by atoms with Crippen LogP contribution in [0.5, 0.6) is 11.5 Å².